The summed E-state index contributed by atoms with van der Waals surface area (Å²) < 4.78 is 22.4. The van der Waals surface area contributed by atoms with E-state index >= 15 is 0 Å². The number of anilines is 2. The van der Waals surface area contributed by atoms with E-state index in [2.05, 4.69) is 53.6 Å². The van der Waals surface area contributed by atoms with Crippen LogP contribution in [0.4, 0.5) is 21.0 Å². The van der Waals surface area contributed by atoms with Crippen molar-refractivity contribution >= 4 is 29.0 Å². The Morgan fingerprint density at radius 2 is 1.80 bits per heavy atom. The molecule has 0 saturated carbocycles. The highest BCUT2D eigenvalue weighted by Gasteiger charge is 2.26. The van der Waals surface area contributed by atoms with Gasteiger partial charge in [0.25, 0.3) is 0 Å². The van der Waals surface area contributed by atoms with Crippen LogP contribution in [-0.4, -0.2) is 77.2 Å². The lowest BCUT2D eigenvalue weighted by atomic mass is 10.2. The molecule has 11 nitrogen and oxygen atoms in total. The van der Waals surface area contributed by atoms with Crippen LogP contribution in [0.25, 0.3) is 22.4 Å². The van der Waals surface area contributed by atoms with Gasteiger partial charge in [-0.1, -0.05) is 6.07 Å². The molecular formula is C29H36FN9O2. The van der Waals surface area contributed by atoms with E-state index in [1.54, 1.807) is 17.3 Å². The number of hydrogen-bond donors (Lipinski definition) is 1. The Hall–Kier alpha value is -4.19. The molecule has 5 heterocycles. The molecule has 1 saturated heterocycles. The van der Waals surface area contributed by atoms with Crippen molar-refractivity contribution in [3.05, 3.63) is 54.0 Å². The Labute approximate surface area is 238 Å². The highest BCUT2D eigenvalue weighted by Crippen LogP contribution is 2.27. The fourth-order valence-electron chi connectivity index (χ4n) is 4.88. The summed E-state index contributed by atoms with van der Waals surface area (Å²) in [5.41, 5.74) is 2.66. The average molecular weight is 562 g/mol. The van der Waals surface area contributed by atoms with E-state index in [9.17, 15) is 9.18 Å². The van der Waals surface area contributed by atoms with Crippen molar-refractivity contribution in [2.75, 3.05) is 31.5 Å². The van der Waals surface area contributed by atoms with E-state index < -0.39 is 11.4 Å². The lowest BCUT2D eigenvalue weighted by Crippen LogP contribution is -2.49. The maximum absolute atomic E-state index is 14.8. The molecule has 0 bridgehead atoms. The van der Waals surface area contributed by atoms with Crippen LogP contribution in [0.1, 0.15) is 52.0 Å². The van der Waals surface area contributed by atoms with Crippen LogP contribution < -0.4 is 5.32 Å². The number of imidazole rings is 1. The number of halogens is 1. The number of rotatable bonds is 6. The predicted molar refractivity (Wildman–Crippen MR) is 154 cm³/mol. The molecule has 0 atom stereocenters. The van der Waals surface area contributed by atoms with Crippen molar-refractivity contribution < 1.29 is 13.9 Å². The van der Waals surface area contributed by atoms with Crippen molar-refractivity contribution in [1.82, 2.24) is 39.3 Å². The summed E-state index contributed by atoms with van der Waals surface area (Å²) in [4.78, 5) is 38.3. The lowest BCUT2D eigenvalue weighted by molar-refractivity contribution is 0.0139. The van der Waals surface area contributed by atoms with E-state index in [-0.39, 0.29) is 23.8 Å². The minimum atomic E-state index is -0.542. The van der Waals surface area contributed by atoms with Crippen LogP contribution in [0.15, 0.2) is 36.8 Å². The first-order valence-electron chi connectivity index (χ1n) is 13.8. The normalized spacial score (nSPS) is 14.6. The summed E-state index contributed by atoms with van der Waals surface area (Å²) in [6.07, 6.45) is 4.25. The van der Waals surface area contributed by atoms with Crippen LogP contribution in [0.3, 0.4) is 0 Å². The van der Waals surface area contributed by atoms with Gasteiger partial charge in [-0.05, 0) is 59.2 Å². The van der Waals surface area contributed by atoms with Gasteiger partial charge >= 0.3 is 6.09 Å². The number of carbonyl (C=O) groups is 1. The minimum Gasteiger partial charge on any atom is -0.444 e. The van der Waals surface area contributed by atoms with Crippen molar-refractivity contribution in [2.24, 2.45) is 0 Å². The van der Waals surface area contributed by atoms with Crippen molar-refractivity contribution in [3.63, 3.8) is 0 Å². The molecule has 1 amide bonds. The van der Waals surface area contributed by atoms with Gasteiger partial charge in [-0.15, -0.1) is 0 Å². The predicted octanol–water partition coefficient (Wildman–Crippen LogP) is 5.11. The molecule has 0 radical (unpaired) electrons. The number of fused-ring (bicyclic) bond motifs is 1. The molecule has 216 valence electrons. The molecule has 0 unspecified atom stereocenters. The van der Waals surface area contributed by atoms with E-state index in [4.69, 9.17) is 4.74 Å². The van der Waals surface area contributed by atoms with E-state index in [0.29, 0.717) is 36.7 Å². The number of nitrogens with zero attached hydrogens (tertiary/aromatic N) is 8. The number of aryl methyl sites for hydroxylation is 1. The van der Waals surface area contributed by atoms with Gasteiger partial charge in [0.15, 0.2) is 11.5 Å². The fourth-order valence-corrected chi connectivity index (χ4v) is 4.88. The van der Waals surface area contributed by atoms with Crippen LogP contribution in [0, 0.1) is 12.7 Å². The molecule has 1 N–H and O–H groups in total. The van der Waals surface area contributed by atoms with Crippen molar-refractivity contribution in [2.45, 2.75) is 59.7 Å². The first-order chi connectivity index (χ1) is 19.5. The topological polar surface area (TPSA) is 114 Å². The van der Waals surface area contributed by atoms with E-state index in [1.807, 2.05) is 45.9 Å². The highest BCUT2D eigenvalue weighted by atomic mass is 19.1. The van der Waals surface area contributed by atoms with Crippen LogP contribution in [0.5, 0.6) is 0 Å². The molecule has 0 aliphatic carbocycles. The second-order valence-electron chi connectivity index (χ2n) is 11.5. The van der Waals surface area contributed by atoms with Crippen LogP contribution in [0.2, 0.25) is 0 Å². The lowest BCUT2D eigenvalue weighted by Gasteiger charge is -2.35. The fraction of sp³-hybridized carbons (Fsp3) is 0.448. The van der Waals surface area contributed by atoms with Gasteiger partial charge in [0.05, 0.1) is 11.7 Å². The Balaban J connectivity index is 1.23. The molecule has 1 aliphatic heterocycles. The molecule has 41 heavy (non-hydrogen) atoms. The van der Waals surface area contributed by atoms with Gasteiger partial charge in [0, 0.05) is 56.7 Å². The number of amides is 1. The molecule has 0 aromatic carbocycles. The number of hydrogen-bond acceptors (Lipinski definition) is 9. The molecule has 4 aromatic heterocycles. The summed E-state index contributed by atoms with van der Waals surface area (Å²) in [6, 6.07) is 5.86. The molecule has 1 fully saturated rings. The number of nitrogens with one attached hydrogen (secondary N) is 1. The van der Waals surface area contributed by atoms with Crippen LogP contribution >= 0.6 is 0 Å². The molecule has 4 aromatic rings. The first-order valence-corrected chi connectivity index (χ1v) is 13.8. The zero-order valence-electron chi connectivity index (χ0n) is 24.3. The maximum atomic E-state index is 14.8. The summed E-state index contributed by atoms with van der Waals surface area (Å²) >= 11 is 0. The number of aromatic nitrogens is 6. The Bertz CT molecular complexity index is 1540. The summed E-state index contributed by atoms with van der Waals surface area (Å²) in [7, 11) is 0. The van der Waals surface area contributed by atoms with Crippen molar-refractivity contribution in [3.8, 4) is 11.3 Å². The number of ether oxygens (including phenoxy) is 1. The van der Waals surface area contributed by atoms with Gasteiger partial charge < -0.3 is 19.5 Å². The van der Waals surface area contributed by atoms with Crippen LogP contribution in [-0.2, 0) is 11.3 Å². The van der Waals surface area contributed by atoms with Gasteiger partial charge in [-0.25, -0.2) is 34.1 Å². The number of piperazine rings is 1. The van der Waals surface area contributed by atoms with Crippen molar-refractivity contribution in [1.29, 1.82) is 0 Å². The second kappa shape index (κ2) is 11.4. The SMILES string of the molecule is Cc1nc2ncc(-c3nc(Nc4ccc(CN5CCN(C(=O)OC(C)(C)C)CC5)cn4)ncc3F)cc2n1C(C)C. The monoisotopic (exact) mass is 561 g/mol. The van der Waals surface area contributed by atoms with E-state index in [1.165, 1.54) is 0 Å². The standard InChI is InChI=1S/C29H36FN9O2/c1-18(2)39-19(3)34-26-23(39)13-21(15-32-26)25-22(30)16-33-27(36-25)35-24-8-7-20(14-31-24)17-37-9-11-38(12-10-37)28(40)41-29(4,5)6/h7-8,13-16,18H,9-12,17H2,1-6H3,(H,31,33,35,36). The summed E-state index contributed by atoms with van der Waals surface area (Å²) in [5, 5.41) is 3.07. The molecule has 12 heteroatoms. The van der Waals surface area contributed by atoms with E-state index in [0.717, 1.165) is 36.2 Å². The number of pyridine rings is 2. The molecule has 5 rings (SSSR count). The Morgan fingerprint density at radius 1 is 1.05 bits per heavy atom. The zero-order chi connectivity index (χ0) is 29.3. The quantitative estimate of drug-likeness (QED) is 0.343. The molecule has 1 aliphatic rings. The largest absolute Gasteiger partial charge is 0.444 e. The first kappa shape index (κ1) is 28.3. The minimum absolute atomic E-state index is 0.146. The molecule has 0 spiro atoms. The maximum Gasteiger partial charge on any atom is 0.410 e. The van der Waals surface area contributed by atoms with Gasteiger partial charge in [-0.2, -0.15) is 0 Å². The highest BCUT2D eigenvalue weighted by molar-refractivity contribution is 5.78. The summed E-state index contributed by atoms with van der Waals surface area (Å²) in [6.45, 7) is 15.1. The number of carbonyl (C=O) groups excluding carboxylic acids is 1. The average Bonchev–Trinajstić information content (AvgIpc) is 3.25. The van der Waals surface area contributed by atoms with Gasteiger partial charge in [-0.3, -0.25) is 4.90 Å². The van der Waals surface area contributed by atoms with Gasteiger partial charge in [0.2, 0.25) is 5.95 Å². The smallest absolute Gasteiger partial charge is 0.410 e. The summed E-state index contributed by atoms with van der Waals surface area (Å²) in [5.74, 6) is 1.08. The third-order valence-corrected chi connectivity index (χ3v) is 6.75. The second-order valence-corrected chi connectivity index (χ2v) is 11.5. The Kier molecular flexibility index (Phi) is 7.85. The molecular weight excluding hydrogens is 525 g/mol. The Morgan fingerprint density at radius 3 is 2.46 bits per heavy atom. The third kappa shape index (κ3) is 6.59. The van der Waals surface area contributed by atoms with Gasteiger partial charge in [0.1, 0.15) is 22.9 Å². The third-order valence-electron chi connectivity index (χ3n) is 6.75. The zero-order valence-corrected chi connectivity index (χ0v) is 24.3.